The van der Waals surface area contributed by atoms with Crippen molar-refractivity contribution in [1.82, 2.24) is 0 Å². The summed E-state index contributed by atoms with van der Waals surface area (Å²) in [6.45, 7) is 12.8. The highest BCUT2D eigenvalue weighted by Crippen LogP contribution is 2.18. The predicted molar refractivity (Wildman–Crippen MR) is 94.2 cm³/mol. The first-order valence-corrected chi connectivity index (χ1v) is 8.73. The molecule has 0 heterocycles. The van der Waals surface area contributed by atoms with Gasteiger partial charge in [0.25, 0.3) is 0 Å². The van der Waals surface area contributed by atoms with Crippen LogP contribution in [0.2, 0.25) is 0 Å². The van der Waals surface area contributed by atoms with Crippen LogP contribution in [0.3, 0.4) is 0 Å². The Morgan fingerprint density at radius 1 is 0.700 bits per heavy atom. The van der Waals surface area contributed by atoms with Crippen LogP contribution in [0.4, 0.5) is 0 Å². The third-order valence-corrected chi connectivity index (χ3v) is 3.84. The molecule has 0 atom stereocenters. The summed E-state index contributed by atoms with van der Waals surface area (Å²) in [5, 5.41) is 0. The van der Waals surface area contributed by atoms with E-state index in [4.69, 9.17) is 0 Å². The predicted octanol–water partition coefficient (Wildman–Crippen LogP) is 7.38. The molecule has 0 aromatic carbocycles. The van der Waals surface area contributed by atoms with Gasteiger partial charge in [0.05, 0.1) is 0 Å². The van der Waals surface area contributed by atoms with Gasteiger partial charge in [0, 0.05) is 0 Å². The van der Waals surface area contributed by atoms with Crippen LogP contribution in [0.25, 0.3) is 0 Å². The number of unbranched alkanes of at least 4 members (excludes halogenated alkanes) is 8. The van der Waals surface area contributed by atoms with Gasteiger partial charge in [-0.25, -0.2) is 0 Å². The fraction of sp³-hybridized carbons (Fsp3) is 0.700. The summed E-state index contributed by atoms with van der Waals surface area (Å²) in [5.74, 6) is 0. The van der Waals surface area contributed by atoms with E-state index in [1.165, 1.54) is 75.4 Å². The van der Waals surface area contributed by atoms with Gasteiger partial charge in [0.15, 0.2) is 0 Å². The summed E-state index contributed by atoms with van der Waals surface area (Å²) in [7, 11) is 0. The van der Waals surface area contributed by atoms with E-state index in [2.05, 4.69) is 39.2 Å². The molecule has 0 N–H and O–H groups in total. The fourth-order valence-electron chi connectivity index (χ4n) is 2.30. The minimum absolute atomic E-state index is 0.988. The molecule has 0 amide bonds. The zero-order chi connectivity index (χ0) is 15.1. The molecule has 0 saturated heterocycles. The lowest BCUT2D eigenvalue weighted by Crippen LogP contribution is -1.87. The van der Waals surface area contributed by atoms with Crippen LogP contribution < -0.4 is 0 Å². The first-order chi connectivity index (χ1) is 9.72. The Bertz CT molecular complexity index is 270. The molecule has 0 fully saturated rings. The minimum atomic E-state index is 0.988. The Labute approximate surface area is 128 Å². The van der Waals surface area contributed by atoms with E-state index < -0.39 is 0 Å². The minimum Gasteiger partial charge on any atom is -0.0956 e. The van der Waals surface area contributed by atoms with Gasteiger partial charge in [-0.1, -0.05) is 89.7 Å². The van der Waals surface area contributed by atoms with Crippen molar-refractivity contribution < 1.29 is 0 Å². The molecule has 0 spiro atoms. The van der Waals surface area contributed by atoms with Gasteiger partial charge in [-0.2, -0.15) is 0 Å². The van der Waals surface area contributed by atoms with E-state index in [9.17, 15) is 0 Å². The number of allylic oxidation sites excluding steroid dienone is 4. The standard InChI is InChI=1S/C20H36/c1-5-7-9-11-12-13-14-16-18-20(4)19(3)17-15-10-8-6-2/h14,16H,3-13,15,17-18H2,1-2H3/b16-14+. The summed E-state index contributed by atoms with van der Waals surface area (Å²) >= 11 is 0. The molecule has 0 aliphatic carbocycles. The Kier molecular flexibility index (Phi) is 14.1. The zero-order valence-electron chi connectivity index (χ0n) is 14.1. The van der Waals surface area contributed by atoms with E-state index in [0.717, 1.165) is 12.8 Å². The highest BCUT2D eigenvalue weighted by Gasteiger charge is 1.98. The van der Waals surface area contributed by atoms with Crippen LogP contribution in [0.1, 0.15) is 90.9 Å². The van der Waals surface area contributed by atoms with E-state index in [-0.39, 0.29) is 0 Å². The largest absolute Gasteiger partial charge is 0.0956 e. The van der Waals surface area contributed by atoms with Gasteiger partial charge in [0.1, 0.15) is 0 Å². The van der Waals surface area contributed by atoms with Crippen LogP contribution in [0.5, 0.6) is 0 Å². The molecule has 0 aliphatic rings. The maximum absolute atomic E-state index is 4.17. The lowest BCUT2D eigenvalue weighted by molar-refractivity contribution is 0.637. The second kappa shape index (κ2) is 14.6. The summed E-state index contributed by atoms with van der Waals surface area (Å²) in [6, 6.07) is 0. The van der Waals surface area contributed by atoms with E-state index >= 15 is 0 Å². The Balaban J connectivity index is 3.52. The normalized spacial score (nSPS) is 11.1. The van der Waals surface area contributed by atoms with Crippen molar-refractivity contribution in [3.8, 4) is 0 Å². The van der Waals surface area contributed by atoms with Crippen molar-refractivity contribution in [2.75, 3.05) is 0 Å². The second-order valence-corrected chi connectivity index (χ2v) is 5.90. The van der Waals surface area contributed by atoms with Gasteiger partial charge >= 0.3 is 0 Å². The van der Waals surface area contributed by atoms with Gasteiger partial charge < -0.3 is 0 Å². The molecule has 0 radical (unpaired) electrons. The van der Waals surface area contributed by atoms with Crippen molar-refractivity contribution in [3.05, 3.63) is 36.5 Å². The average molecular weight is 277 g/mol. The molecular formula is C20H36. The van der Waals surface area contributed by atoms with Crippen molar-refractivity contribution in [2.45, 2.75) is 90.9 Å². The molecule has 116 valence electrons. The maximum atomic E-state index is 4.17. The Morgan fingerprint density at radius 3 is 1.95 bits per heavy atom. The lowest BCUT2D eigenvalue weighted by atomic mass is 9.99. The molecule has 0 heteroatoms. The molecule has 0 saturated carbocycles. The quantitative estimate of drug-likeness (QED) is 0.176. The fourth-order valence-corrected chi connectivity index (χ4v) is 2.30. The van der Waals surface area contributed by atoms with Crippen LogP contribution in [0.15, 0.2) is 36.5 Å². The summed E-state index contributed by atoms with van der Waals surface area (Å²) in [6.07, 6.45) is 20.0. The molecule has 20 heavy (non-hydrogen) atoms. The number of hydrogen-bond donors (Lipinski definition) is 0. The van der Waals surface area contributed by atoms with Crippen LogP contribution >= 0.6 is 0 Å². The van der Waals surface area contributed by atoms with Crippen LogP contribution in [-0.4, -0.2) is 0 Å². The van der Waals surface area contributed by atoms with E-state index in [0.29, 0.717) is 0 Å². The van der Waals surface area contributed by atoms with Crippen LogP contribution in [-0.2, 0) is 0 Å². The Morgan fingerprint density at radius 2 is 1.30 bits per heavy atom. The number of rotatable bonds is 14. The highest BCUT2D eigenvalue weighted by atomic mass is 14.0. The van der Waals surface area contributed by atoms with E-state index in [1.54, 1.807) is 0 Å². The topological polar surface area (TPSA) is 0 Å². The van der Waals surface area contributed by atoms with Crippen molar-refractivity contribution in [1.29, 1.82) is 0 Å². The first kappa shape index (κ1) is 19.2. The van der Waals surface area contributed by atoms with Crippen LogP contribution in [0, 0.1) is 0 Å². The van der Waals surface area contributed by atoms with Crippen molar-refractivity contribution in [2.24, 2.45) is 0 Å². The van der Waals surface area contributed by atoms with Gasteiger partial charge in [-0.15, -0.1) is 0 Å². The second-order valence-electron chi connectivity index (χ2n) is 5.90. The smallest absolute Gasteiger partial charge is 0.0101 e. The Hall–Kier alpha value is -0.780. The molecule has 0 nitrogen and oxygen atoms in total. The molecule has 0 bridgehead atoms. The summed E-state index contributed by atoms with van der Waals surface area (Å²) in [4.78, 5) is 0. The third kappa shape index (κ3) is 12.3. The molecule has 0 aromatic rings. The van der Waals surface area contributed by atoms with Gasteiger partial charge in [-0.3, -0.25) is 0 Å². The number of hydrogen-bond acceptors (Lipinski definition) is 0. The highest BCUT2D eigenvalue weighted by molar-refractivity contribution is 5.27. The molecule has 0 unspecified atom stereocenters. The molecular weight excluding hydrogens is 240 g/mol. The lowest BCUT2D eigenvalue weighted by Gasteiger charge is -2.07. The average Bonchev–Trinajstić information content (AvgIpc) is 2.46. The molecule has 0 aliphatic heterocycles. The third-order valence-electron chi connectivity index (χ3n) is 3.84. The molecule has 0 rings (SSSR count). The zero-order valence-corrected chi connectivity index (χ0v) is 14.1. The van der Waals surface area contributed by atoms with Crippen molar-refractivity contribution >= 4 is 0 Å². The monoisotopic (exact) mass is 276 g/mol. The first-order valence-electron chi connectivity index (χ1n) is 8.73. The van der Waals surface area contributed by atoms with Gasteiger partial charge in [0.2, 0.25) is 0 Å². The maximum Gasteiger partial charge on any atom is -0.0101 e. The molecule has 0 aromatic heterocycles. The SMILES string of the molecule is C=C(C/C=C/CCCCCCC)C(=C)CCCCCC. The summed E-state index contributed by atoms with van der Waals surface area (Å²) in [5.41, 5.74) is 2.48. The summed E-state index contributed by atoms with van der Waals surface area (Å²) < 4.78 is 0. The van der Waals surface area contributed by atoms with Crippen molar-refractivity contribution in [3.63, 3.8) is 0 Å². The van der Waals surface area contributed by atoms with E-state index in [1.807, 2.05) is 0 Å². The van der Waals surface area contributed by atoms with Gasteiger partial charge in [-0.05, 0) is 37.7 Å².